The first kappa shape index (κ1) is 17.7. The van der Waals surface area contributed by atoms with Gasteiger partial charge in [0.05, 0.1) is 0 Å². The van der Waals surface area contributed by atoms with Crippen LogP contribution < -0.4 is 0 Å². The lowest BCUT2D eigenvalue weighted by Crippen LogP contribution is -2.52. The van der Waals surface area contributed by atoms with Crippen LogP contribution in [0.5, 0.6) is 0 Å². The molecule has 4 nitrogen and oxygen atoms in total. The molecule has 0 radical (unpaired) electrons. The van der Waals surface area contributed by atoms with Gasteiger partial charge < -0.3 is 14.7 Å². The minimum Gasteiger partial charge on any atom is -0.305 e. The Hall–Kier alpha value is -0.160. The molecule has 3 heterocycles. The van der Waals surface area contributed by atoms with Gasteiger partial charge in [-0.3, -0.25) is 4.90 Å². The maximum absolute atomic E-state index is 2.82. The van der Waals surface area contributed by atoms with Gasteiger partial charge in [-0.25, -0.2) is 0 Å². The fourth-order valence-electron chi connectivity index (χ4n) is 4.82. The van der Waals surface area contributed by atoms with Gasteiger partial charge in [0.25, 0.3) is 0 Å². The predicted octanol–water partition coefficient (Wildman–Crippen LogP) is 1.96. The summed E-state index contributed by atoms with van der Waals surface area (Å²) in [6.45, 7) is 15.1. The van der Waals surface area contributed by atoms with Crippen LogP contribution >= 0.6 is 0 Å². The van der Waals surface area contributed by atoms with E-state index in [4.69, 9.17) is 0 Å². The summed E-state index contributed by atoms with van der Waals surface area (Å²) < 4.78 is 0. The van der Waals surface area contributed by atoms with Crippen molar-refractivity contribution in [2.45, 2.75) is 64.1 Å². The molecular weight excluding hydrogens is 284 g/mol. The smallest absolute Gasteiger partial charge is 0.0120 e. The van der Waals surface area contributed by atoms with Crippen molar-refractivity contribution in [3.8, 4) is 0 Å². The second-order valence-corrected chi connectivity index (χ2v) is 8.32. The summed E-state index contributed by atoms with van der Waals surface area (Å²) in [5.41, 5.74) is 0. The lowest BCUT2D eigenvalue weighted by Gasteiger charge is -2.44. The molecule has 0 aromatic carbocycles. The van der Waals surface area contributed by atoms with Gasteiger partial charge in [-0.05, 0) is 92.3 Å². The number of hydrogen-bond donors (Lipinski definition) is 0. The molecule has 134 valence electrons. The van der Waals surface area contributed by atoms with Crippen LogP contribution in [0, 0.1) is 0 Å². The number of likely N-dealkylation sites (tertiary alicyclic amines) is 2. The second-order valence-electron chi connectivity index (χ2n) is 8.32. The van der Waals surface area contributed by atoms with E-state index >= 15 is 0 Å². The highest BCUT2D eigenvalue weighted by molar-refractivity contribution is 4.87. The number of rotatable bonds is 3. The van der Waals surface area contributed by atoms with Gasteiger partial charge in [-0.1, -0.05) is 0 Å². The molecule has 3 fully saturated rings. The minimum atomic E-state index is 0.725. The second kappa shape index (κ2) is 8.28. The number of nitrogens with zero attached hydrogens (tertiary/aromatic N) is 4. The molecule has 23 heavy (non-hydrogen) atoms. The van der Waals surface area contributed by atoms with Gasteiger partial charge in [-0.2, -0.15) is 0 Å². The summed E-state index contributed by atoms with van der Waals surface area (Å²) in [4.78, 5) is 10.8. The van der Waals surface area contributed by atoms with Crippen molar-refractivity contribution in [3.05, 3.63) is 0 Å². The molecule has 0 aliphatic carbocycles. The van der Waals surface area contributed by atoms with Crippen molar-refractivity contribution in [1.82, 2.24) is 19.6 Å². The molecule has 0 atom stereocenters. The van der Waals surface area contributed by atoms with Crippen LogP contribution in [0.1, 0.15) is 46.0 Å². The van der Waals surface area contributed by atoms with Crippen LogP contribution in [0.15, 0.2) is 0 Å². The van der Waals surface area contributed by atoms with E-state index in [0.717, 1.165) is 18.1 Å². The lowest BCUT2D eigenvalue weighted by molar-refractivity contribution is 0.0495. The van der Waals surface area contributed by atoms with E-state index in [9.17, 15) is 0 Å². The molecule has 3 rings (SSSR count). The Morgan fingerprint density at radius 1 is 0.652 bits per heavy atom. The molecule has 0 unspecified atom stereocenters. The molecule has 3 saturated heterocycles. The van der Waals surface area contributed by atoms with Gasteiger partial charge in [0.15, 0.2) is 0 Å². The van der Waals surface area contributed by atoms with Crippen molar-refractivity contribution in [2.24, 2.45) is 0 Å². The molecule has 3 aliphatic rings. The van der Waals surface area contributed by atoms with Gasteiger partial charge in [0.2, 0.25) is 0 Å². The molecule has 3 aliphatic heterocycles. The van der Waals surface area contributed by atoms with E-state index in [-0.39, 0.29) is 0 Å². The lowest BCUT2D eigenvalue weighted by atomic mass is 9.96. The minimum absolute atomic E-state index is 0.725. The fourth-order valence-corrected chi connectivity index (χ4v) is 4.82. The average Bonchev–Trinajstić information content (AvgIpc) is 2.80. The summed E-state index contributed by atoms with van der Waals surface area (Å²) in [7, 11) is 2.27. The Balaban J connectivity index is 1.42. The Bertz CT molecular complexity index is 343. The number of hydrogen-bond acceptors (Lipinski definition) is 4. The summed E-state index contributed by atoms with van der Waals surface area (Å²) in [5, 5.41) is 0. The third-order valence-electron chi connectivity index (χ3n) is 6.52. The van der Waals surface area contributed by atoms with Crippen molar-refractivity contribution < 1.29 is 0 Å². The first-order valence-corrected chi connectivity index (χ1v) is 10.0. The van der Waals surface area contributed by atoms with Gasteiger partial charge >= 0.3 is 0 Å². The van der Waals surface area contributed by atoms with E-state index in [2.05, 4.69) is 40.5 Å². The summed E-state index contributed by atoms with van der Waals surface area (Å²) in [5.74, 6) is 0. The van der Waals surface area contributed by atoms with Crippen LogP contribution in [0.2, 0.25) is 0 Å². The first-order valence-electron chi connectivity index (χ1n) is 10.0. The monoisotopic (exact) mass is 322 g/mol. The van der Waals surface area contributed by atoms with E-state index in [0.29, 0.717) is 0 Å². The topological polar surface area (TPSA) is 13.0 Å². The third kappa shape index (κ3) is 4.68. The van der Waals surface area contributed by atoms with Crippen LogP contribution in [-0.4, -0.2) is 97.1 Å². The zero-order chi connectivity index (χ0) is 16.2. The summed E-state index contributed by atoms with van der Waals surface area (Å²) >= 11 is 0. The van der Waals surface area contributed by atoms with Crippen LogP contribution in [0.4, 0.5) is 0 Å². The van der Waals surface area contributed by atoms with Crippen molar-refractivity contribution >= 4 is 0 Å². The molecule has 4 heteroatoms. The Labute approximate surface area is 143 Å². The van der Waals surface area contributed by atoms with Crippen molar-refractivity contribution in [2.75, 3.05) is 59.4 Å². The first-order chi connectivity index (χ1) is 11.1. The van der Waals surface area contributed by atoms with Gasteiger partial charge in [-0.15, -0.1) is 0 Å². The molecule has 0 aromatic rings. The quantitative estimate of drug-likeness (QED) is 0.787. The largest absolute Gasteiger partial charge is 0.305 e. The van der Waals surface area contributed by atoms with E-state index < -0.39 is 0 Å². The van der Waals surface area contributed by atoms with Crippen LogP contribution in [0.3, 0.4) is 0 Å². The summed E-state index contributed by atoms with van der Waals surface area (Å²) in [6, 6.07) is 2.44. The van der Waals surface area contributed by atoms with Gasteiger partial charge in [0, 0.05) is 31.2 Å². The van der Waals surface area contributed by atoms with E-state index in [1.165, 1.54) is 84.5 Å². The molecule has 0 amide bonds. The summed E-state index contributed by atoms with van der Waals surface area (Å²) in [6.07, 6.45) is 6.92. The van der Waals surface area contributed by atoms with Crippen molar-refractivity contribution in [1.29, 1.82) is 0 Å². The van der Waals surface area contributed by atoms with E-state index in [1.807, 2.05) is 0 Å². The van der Waals surface area contributed by atoms with Gasteiger partial charge in [0.1, 0.15) is 0 Å². The number of likely N-dealkylation sites (N-methyl/N-ethyl adjacent to an activating group) is 1. The zero-order valence-corrected chi connectivity index (χ0v) is 15.7. The SMILES string of the molecule is CC(C)N1CCC(N2CCC(N3CCCN(C)CC3)CC2)CC1. The Kier molecular flexibility index (Phi) is 6.36. The third-order valence-corrected chi connectivity index (χ3v) is 6.52. The molecule has 0 aromatic heterocycles. The maximum atomic E-state index is 2.82. The average molecular weight is 323 g/mol. The molecular formula is C19H38N4. The fraction of sp³-hybridized carbons (Fsp3) is 1.00. The highest BCUT2D eigenvalue weighted by atomic mass is 15.3. The highest BCUT2D eigenvalue weighted by Crippen LogP contribution is 2.24. The molecule has 0 saturated carbocycles. The van der Waals surface area contributed by atoms with E-state index in [1.54, 1.807) is 0 Å². The molecule has 0 bridgehead atoms. The molecule has 0 spiro atoms. The highest BCUT2D eigenvalue weighted by Gasteiger charge is 2.31. The Morgan fingerprint density at radius 2 is 1.22 bits per heavy atom. The number of piperidine rings is 2. The van der Waals surface area contributed by atoms with Crippen LogP contribution in [0.25, 0.3) is 0 Å². The molecule has 0 N–H and O–H groups in total. The normalized spacial score (nSPS) is 29.2. The standard InChI is InChI=1S/C19H38N4/c1-17(2)21-11-5-19(6-12-21)23-13-7-18(8-14-23)22-10-4-9-20(3)15-16-22/h17-19H,4-16H2,1-3H3. The predicted molar refractivity (Wildman–Crippen MR) is 98.0 cm³/mol. The maximum Gasteiger partial charge on any atom is 0.0120 e. The zero-order valence-electron chi connectivity index (χ0n) is 15.7. The Morgan fingerprint density at radius 3 is 1.83 bits per heavy atom. The van der Waals surface area contributed by atoms with Crippen LogP contribution in [-0.2, 0) is 0 Å². The van der Waals surface area contributed by atoms with Crippen molar-refractivity contribution in [3.63, 3.8) is 0 Å².